The molecule has 15 heavy (non-hydrogen) atoms. The van der Waals surface area contributed by atoms with Crippen molar-refractivity contribution in [2.75, 3.05) is 19.6 Å². The highest BCUT2D eigenvalue weighted by atomic mass is 32.1. The smallest absolute Gasteiger partial charge is 0.0940 e. The molecule has 0 radical (unpaired) electrons. The summed E-state index contributed by atoms with van der Waals surface area (Å²) < 4.78 is 0. The molecule has 1 atom stereocenters. The quantitative estimate of drug-likeness (QED) is 0.695. The Morgan fingerprint density at radius 3 is 2.93 bits per heavy atom. The van der Waals surface area contributed by atoms with E-state index in [1.54, 1.807) is 11.3 Å². The highest BCUT2D eigenvalue weighted by Crippen LogP contribution is 2.08. The first-order chi connectivity index (χ1) is 7.22. The zero-order valence-corrected chi connectivity index (χ0v) is 10.4. The lowest BCUT2D eigenvalue weighted by atomic mass is 10.1. The molecule has 0 bridgehead atoms. The van der Waals surface area contributed by atoms with Crippen LogP contribution in [0.2, 0.25) is 0 Å². The topological polar surface area (TPSA) is 50.9 Å². The number of hydrogen-bond acceptors (Lipinski definition) is 4. The number of hydrogen-bond donors (Lipinski definition) is 2. The number of nitrogens with zero attached hydrogens (tertiary/aromatic N) is 1. The number of rotatable bonds is 7. The standard InChI is InChI=1S/C11H21N3S/c1-9(7-12)3-5-13-6-4-11-14-10(2)8-15-11/h8-9,13H,3-7,12H2,1-2H3. The van der Waals surface area contributed by atoms with Crippen LogP contribution in [0.4, 0.5) is 0 Å². The first kappa shape index (κ1) is 12.6. The van der Waals surface area contributed by atoms with Gasteiger partial charge in [-0.15, -0.1) is 11.3 Å². The molecule has 0 fully saturated rings. The molecule has 1 aromatic rings. The average Bonchev–Trinajstić information content (AvgIpc) is 2.63. The summed E-state index contributed by atoms with van der Waals surface area (Å²) >= 11 is 1.75. The van der Waals surface area contributed by atoms with Crippen LogP contribution in [0, 0.1) is 12.8 Å². The lowest BCUT2D eigenvalue weighted by Crippen LogP contribution is -2.22. The number of nitrogens with one attached hydrogen (secondary N) is 1. The van der Waals surface area contributed by atoms with Crippen molar-refractivity contribution in [2.24, 2.45) is 11.7 Å². The molecule has 0 aromatic carbocycles. The molecular formula is C11H21N3S. The van der Waals surface area contributed by atoms with E-state index in [1.165, 1.54) is 5.01 Å². The van der Waals surface area contributed by atoms with Crippen molar-refractivity contribution in [1.82, 2.24) is 10.3 Å². The summed E-state index contributed by atoms with van der Waals surface area (Å²) in [5.41, 5.74) is 6.68. The van der Waals surface area contributed by atoms with Crippen molar-refractivity contribution in [3.05, 3.63) is 16.1 Å². The molecule has 1 unspecified atom stereocenters. The number of nitrogens with two attached hydrogens (primary N) is 1. The third kappa shape index (κ3) is 5.25. The molecule has 0 saturated carbocycles. The molecule has 0 aliphatic rings. The van der Waals surface area contributed by atoms with Crippen molar-refractivity contribution in [3.8, 4) is 0 Å². The van der Waals surface area contributed by atoms with Crippen LogP contribution in [0.3, 0.4) is 0 Å². The van der Waals surface area contributed by atoms with Crippen molar-refractivity contribution in [3.63, 3.8) is 0 Å². The van der Waals surface area contributed by atoms with Crippen molar-refractivity contribution in [2.45, 2.75) is 26.7 Å². The van der Waals surface area contributed by atoms with Crippen molar-refractivity contribution < 1.29 is 0 Å². The summed E-state index contributed by atoms with van der Waals surface area (Å²) in [5.74, 6) is 0.625. The van der Waals surface area contributed by atoms with Gasteiger partial charge in [0.1, 0.15) is 0 Å². The van der Waals surface area contributed by atoms with Gasteiger partial charge in [0.15, 0.2) is 0 Å². The van der Waals surface area contributed by atoms with Gasteiger partial charge in [-0.1, -0.05) is 6.92 Å². The normalized spacial score (nSPS) is 13.0. The number of thiazole rings is 1. The second kappa shape index (κ2) is 6.93. The Hall–Kier alpha value is -0.450. The highest BCUT2D eigenvalue weighted by Gasteiger charge is 1.99. The first-order valence-corrected chi connectivity index (χ1v) is 6.42. The zero-order valence-electron chi connectivity index (χ0n) is 9.62. The van der Waals surface area contributed by atoms with Crippen LogP contribution in [-0.2, 0) is 6.42 Å². The van der Waals surface area contributed by atoms with Gasteiger partial charge in [0.05, 0.1) is 5.01 Å². The van der Waals surface area contributed by atoms with Gasteiger partial charge in [-0.2, -0.15) is 0 Å². The maximum atomic E-state index is 5.54. The van der Waals surface area contributed by atoms with E-state index in [-0.39, 0.29) is 0 Å². The van der Waals surface area contributed by atoms with E-state index in [9.17, 15) is 0 Å². The zero-order chi connectivity index (χ0) is 11.1. The summed E-state index contributed by atoms with van der Waals surface area (Å²) in [4.78, 5) is 4.42. The third-order valence-electron chi connectivity index (χ3n) is 2.40. The summed E-state index contributed by atoms with van der Waals surface area (Å²) in [6.07, 6.45) is 2.20. The number of aryl methyl sites for hydroxylation is 1. The largest absolute Gasteiger partial charge is 0.330 e. The fraction of sp³-hybridized carbons (Fsp3) is 0.727. The second-order valence-corrected chi connectivity index (χ2v) is 4.95. The second-order valence-electron chi connectivity index (χ2n) is 4.01. The molecule has 0 aliphatic carbocycles. The predicted octanol–water partition coefficient (Wildman–Crippen LogP) is 1.57. The Morgan fingerprint density at radius 1 is 1.53 bits per heavy atom. The lowest BCUT2D eigenvalue weighted by Gasteiger charge is -2.08. The van der Waals surface area contributed by atoms with Crippen molar-refractivity contribution >= 4 is 11.3 Å². The molecular weight excluding hydrogens is 206 g/mol. The van der Waals surface area contributed by atoms with E-state index in [4.69, 9.17) is 5.73 Å². The van der Waals surface area contributed by atoms with Gasteiger partial charge in [0, 0.05) is 24.0 Å². The van der Waals surface area contributed by atoms with Crippen molar-refractivity contribution in [1.29, 1.82) is 0 Å². The molecule has 0 amide bonds. The first-order valence-electron chi connectivity index (χ1n) is 5.54. The van der Waals surface area contributed by atoms with E-state index in [0.29, 0.717) is 5.92 Å². The minimum Gasteiger partial charge on any atom is -0.330 e. The Balaban J connectivity index is 2.02. The van der Waals surface area contributed by atoms with E-state index < -0.39 is 0 Å². The molecule has 0 saturated heterocycles. The summed E-state index contributed by atoms with van der Waals surface area (Å²) in [7, 11) is 0. The van der Waals surface area contributed by atoms with Gasteiger partial charge in [-0.3, -0.25) is 0 Å². The Morgan fingerprint density at radius 2 is 2.33 bits per heavy atom. The predicted molar refractivity (Wildman–Crippen MR) is 66.3 cm³/mol. The van der Waals surface area contributed by atoms with E-state index in [0.717, 1.165) is 38.2 Å². The van der Waals surface area contributed by atoms with Crippen LogP contribution in [0.15, 0.2) is 5.38 Å². The fourth-order valence-electron chi connectivity index (χ4n) is 1.30. The maximum Gasteiger partial charge on any atom is 0.0940 e. The Labute approximate surface area is 96.1 Å². The monoisotopic (exact) mass is 227 g/mol. The van der Waals surface area contributed by atoms with Gasteiger partial charge in [0.25, 0.3) is 0 Å². The summed E-state index contributed by atoms with van der Waals surface area (Å²) in [6.45, 7) is 7.09. The van der Waals surface area contributed by atoms with Crippen LogP contribution in [0.1, 0.15) is 24.0 Å². The maximum absolute atomic E-state index is 5.54. The van der Waals surface area contributed by atoms with E-state index in [2.05, 4.69) is 22.6 Å². The van der Waals surface area contributed by atoms with Gasteiger partial charge < -0.3 is 11.1 Å². The third-order valence-corrected chi connectivity index (χ3v) is 3.42. The fourth-order valence-corrected chi connectivity index (χ4v) is 2.08. The van der Waals surface area contributed by atoms with Gasteiger partial charge >= 0.3 is 0 Å². The molecule has 3 nitrogen and oxygen atoms in total. The summed E-state index contributed by atoms with van der Waals surface area (Å²) in [5, 5.41) is 6.75. The minimum absolute atomic E-state index is 0.625. The highest BCUT2D eigenvalue weighted by molar-refractivity contribution is 7.09. The molecule has 0 spiro atoms. The van der Waals surface area contributed by atoms with Crippen LogP contribution in [-0.4, -0.2) is 24.6 Å². The molecule has 1 rings (SSSR count). The molecule has 4 heteroatoms. The van der Waals surface area contributed by atoms with Crippen LogP contribution in [0.5, 0.6) is 0 Å². The van der Waals surface area contributed by atoms with Crippen LogP contribution in [0.25, 0.3) is 0 Å². The SMILES string of the molecule is Cc1csc(CCNCCC(C)CN)n1. The molecule has 1 aromatic heterocycles. The van der Waals surface area contributed by atoms with Gasteiger partial charge in [0.2, 0.25) is 0 Å². The molecule has 3 N–H and O–H groups in total. The van der Waals surface area contributed by atoms with Crippen LogP contribution < -0.4 is 11.1 Å². The summed E-state index contributed by atoms with van der Waals surface area (Å²) in [6, 6.07) is 0. The van der Waals surface area contributed by atoms with Crippen LogP contribution >= 0.6 is 11.3 Å². The minimum atomic E-state index is 0.625. The van der Waals surface area contributed by atoms with E-state index >= 15 is 0 Å². The lowest BCUT2D eigenvalue weighted by molar-refractivity contribution is 0.511. The molecule has 86 valence electrons. The average molecular weight is 227 g/mol. The molecule has 1 heterocycles. The van der Waals surface area contributed by atoms with Gasteiger partial charge in [-0.25, -0.2) is 4.98 Å². The Bertz CT molecular complexity index is 273. The molecule has 0 aliphatic heterocycles. The van der Waals surface area contributed by atoms with Gasteiger partial charge in [-0.05, 0) is 32.4 Å². The number of aromatic nitrogens is 1. The Kier molecular flexibility index (Phi) is 5.83. The van der Waals surface area contributed by atoms with E-state index in [1.807, 2.05) is 6.92 Å².